The van der Waals surface area contributed by atoms with Gasteiger partial charge in [-0.05, 0) is 31.0 Å². The first-order valence-corrected chi connectivity index (χ1v) is 9.68. The molecule has 0 bridgehead atoms. The average Bonchev–Trinajstić information content (AvgIpc) is 3.27. The monoisotopic (exact) mass is 439 g/mol. The van der Waals surface area contributed by atoms with Crippen molar-refractivity contribution >= 4 is 29.2 Å². The number of benzene rings is 1. The molecule has 1 aromatic carbocycles. The third-order valence-electron chi connectivity index (χ3n) is 4.86. The number of amides is 3. The summed E-state index contributed by atoms with van der Waals surface area (Å²) < 4.78 is 35.0. The Morgan fingerprint density at radius 2 is 2.10 bits per heavy atom. The number of imide groups is 1. The van der Waals surface area contributed by atoms with Gasteiger partial charge < -0.3 is 19.9 Å². The zero-order chi connectivity index (χ0) is 21.6. The minimum atomic E-state index is -3.76. The van der Waals surface area contributed by atoms with Crippen molar-refractivity contribution in [1.82, 2.24) is 15.2 Å². The summed E-state index contributed by atoms with van der Waals surface area (Å²) in [5.41, 5.74) is 1.98. The van der Waals surface area contributed by atoms with E-state index in [9.17, 15) is 28.3 Å². The Kier molecular flexibility index (Phi) is 4.80. The summed E-state index contributed by atoms with van der Waals surface area (Å²) >= 11 is 1.29. The first-order valence-electron chi connectivity index (χ1n) is 8.80. The van der Waals surface area contributed by atoms with Crippen LogP contribution in [0, 0.1) is 5.92 Å². The third kappa shape index (κ3) is 3.54. The van der Waals surface area contributed by atoms with Crippen molar-refractivity contribution in [3.8, 4) is 11.5 Å². The molecule has 158 valence electrons. The molecule has 3 heterocycles. The molecule has 9 nitrogen and oxygen atoms in total. The maximum atomic E-state index is 13.2. The fourth-order valence-corrected chi connectivity index (χ4v) is 4.04. The molecule has 0 radical (unpaired) electrons. The van der Waals surface area contributed by atoms with E-state index in [4.69, 9.17) is 0 Å². The number of alkyl halides is 2. The Morgan fingerprint density at radius 3 is 2.77 bits per heavy atom. The van der Waals surface area contributed by atoms with Gasteiger partial charge in [0, 0.05) is 11.1 Å². The van der Waals surface area contributed by atoms with Crippen molar-refractivity contribution in [2.24, 2.45) is 5.92 Å². The lowest BCUT2D eigenvalue weighted by atomic mass is 9.84. The summed E-state index contributed by atoms with van der Waals surface area (Å²) in [7, 11) is 0. The smallest absolute Gasteiger partial charge is 0.480 e. The number of hydrogen-bond acceptors (Lipinski definition) is 7. The van der Waals surface area contributed by atoms with Crippen molar-refractivity contribution < 1.29 is 37.7 Å². The molecule has 12 heteroatoms. The highest BCUT2D eigenvalue weighted by Gasteiger charge is 2.55. The van der Waals surface area contributed by atoms with Crippen LogP contribution in [0.1, 0.15) is 23.4 Å². The summed E-state index contributed by atoms with van der Waals surface area (Å²) in [5, 5.41) is 12.0. The van der Waals surface area contributed by atoms with Crippen LogP contribution in [-0.2, 0) is 16.0 Å². The number of halogens is 2. The van der Waals surface area contributed by atoms with E-state index < -0.39 is 42.2 Å². The molecule has 3 unspecified atom stereocenters. The lowest BCUT2D eigenvalue weighted by molar-refractivity contribution is -0.286. The fourth-order valence-electron chi connectivity index (χ4n) is 3.39. The summed E-state index contributed by atoms with van der Waals surface area (Å²) in [4.78, 5) is 41.9. The number of fused-ring (bicyclic) bond motifs is 1. The number of aliphatic carboxylic acids is 1. The van der Waals surface area contributed by atoms with E-state index >= 15 is 0 Å². The van der Waals surface area contributed by atoms with Crippen molar-refractivity contribution in [3.05, 3.63) is 40.3 Å². The second kappa shape index (κ2) is 7.20. The number of urea groups is 1. The normalized spacial score (nSPS) is 22.4. The maximum Gasteiger partial charge on any atom is 0.586 e. The summed E-state index contributed by atoms with van der Waals surface area (Å²) in [5.74, 6) is -3.09. The van der Waals surface area contributed by atoms with Crippen molar-refractivity contribution in [2.45, 2.75) is 31.7 Å². The predicted octanol–water partition coefficient (Wildman–Crippen LogP) is 2.39. The second-order valence-corrected chi connectivity index (χ2v) is 7.79. The van der Waals surface area contributed by atoms with Crippen molar-refractivity contribution in [3.63, 3.8) is 0 Å². The minimum Gasteiger partial charge on any atom is -0.480 e. The first kappa shape index (κ1) is 20.0. The number of aromatic nitrogens is 1. The number of β-lactam (4-membered cyclic amide) rings is 1. The van der Waals surface area contributed by atoms with E-state index in [1.54, 1.807) is 18.6 Å². The van der Waals surface area contributed by atoms with Gasteiger partial charge in [-0.25, -0.2) is 14.5 Å². The molecule has 2 aromatic rings. The van der Waals surface area contributed by atoms with Crippen molar-refractivity contribution in [2.75, 3.05) is 0 Å². The molecule has 4 rings (SSSR count). The fraction of sp³-hybridized carbons (Fsp3) is 0.333. The highest BCUT2D eigenvalue weighted by Crippen LogP contribution is 2.42. The van der Waals surface area contributed by atoms with Gasteiger partial charge in [-0.1, -0.05) is 6.07 Å². The number of carbonyl (C=O) groups is 3. The van der Waals surface area contributed by atoms with Crippen LogP contribution in [-0.4, -0.2) is 45.2 Å². The SMILES string of the molecule is CC(NC(=O)N1C(=O)C(Cc2cncs2)C1C(=O)O)c1ccc2c(c1)OC(F)(F)O2. The number of nitrogens with zero attached hydrogens (tertiary/aromatic N) is 2. The van der Waals surface area contributed by atoms with Crippen LogP contribution in [0.2, 0.25) is 0 Å². The average molecular weight is 439 g/mol. The van der Waals surface area contributed by atoms with E-state index in [0.717, 1.165) is 4.88 Å². The lowest BCUT2D eigenvalue weighted by Gasteiger charge is -2.43. The number of carboxylic acid groups (broad SMARTS) is 1. The Hall–Kier alpha value is -3.28. The molecule has 1 fully saturated rings. The zero-order valence-electron chi connectivity index (χ0n) is 15.4. The highest BCUT2D eigenvalue weighted by molar-refractivity contribution is 7.09. The summed E-state index contributed by atoms with van der Waals surface area (Å²) in [6.07, 6.45) is -2.04. The van der Waals surface area contributed by atoms with E-state index in [1.165, 1.54) is 29.5 Å². The van der Waals surface area contributed by atoms with Crippen LogP contribution < -0.4 is 14.8 Å². The molecule has 0 aliphatic carbocycles. The highest BCUT2D eigenvalue weighted by atomic mass is 32.1. The van der Waals surface area contributed by atoms with Crippen LogP contribution >= 0.6 is 11.3 Å². The van der Waals surface area contributed by atoms with Gasteiger partial charge in [-0.3, -0.25) is 9.78 Å². The number of nitrogens with one attached hydrogen (secondary N) is 1. The molecule has 1 aromatic heterocycles. The molecule has 2 aliphatic heterocycles. The van der Waals surface area contributed by atoms with Gasteiger partial charge in [0.05, 0.1) is 17.5 Å². The Labute approximate surface area is 172 Å². The predicted molar refractivity (Wildman–Crippen MR) is 97.2 cm³/mol. The molecule has 2 N–H and O–H groups in total. The van der Waals surface area contributed by atoms with Gasteiger partial charge in [0.15, 0.2) is 17.5 Å². The Morgan fingerprint density at radius 1 is 1.37 bits per heavy atom. The molecule has 0 spiro atoms. The van der Waals surface area contributed by atoms with E-state index in [-0.39, 0.29) is 17.9 Å². The molecular formula is C18H15F2N3O6S. The van der Waals surface area contributed by atoms with Crippen LogP contribution in [0.25, 0.3) is 0 Å². The largest absolute Gasteiger partial charge is 0.586 e. The molecule has 2 aliphatic rings. The number of likely N-dealkylation sites (tertiary alicyclic amines) is 1. The summed E-state index contributed by atoms with van der Waals surface area (Å²) in [6, 6.07) is 1.09. The van der Waals surface area contributed by atoms with Crippen LogP contribution in [0.4, 0.5) is 13.6 Å². The van der Waals surface area contributed by atoms with Gasteiger partial charge in [-0.2, -0.15) is 0 Å². The maximum absolute atomic E-state index is 13.2. The van der Waals surface area contributed by atoms with Gasteiger partial charge in [0.1, 0.15) is 0 Å². The number of thiazole rings is 1. The van der Waals surface area contributed by atoms with Gasteiger partial charge in [0.25, 0.3) is 0 Å². The molecule has 30 heavy (non-hydrogen) atoms. The van der Waals surface area contributed by atoms with Crippen LogP contribution in [0.3, 0.4) is 0 Å². The molecular weight excluding hydrogens is 424 g/mol. The summed E-state index contributed by atoms with van der Waals surface area (Å²) in [6.45, 7) is 1.56. The quantitative estimate of drug-likeness (QED) is 0.687. The number of carboxylic acids is 1. The van der Waals surface area contributed by atoms with E-state index in [2.05, 4.69) is 19.8 Å². The van der Waals surface area contributed by atoms with Crippen LogP contribution in [0.5, 0.6) is 11.5 Å². The lowest BCUT2D eigenvalue weighted by Crippen LogP contribution is -2.68. The molecule has 3 atom stereocenters. The van der Waals surface area contributed by atoms with Gasteiger partial charge in [-0.15, -0.1) is 20.1 Å². The number of carbonyl (C=O) groups excluding carboxylic acids is 2. The minimum absolute atomic E-state index is 0.142. The molecule has 3 amide bonds. The standard InChI is InChI=1S/C18H15F2N3O6S/c1-8(9-2-3-12-13(4-9)29-18(19,20)28-12)22-17(27)23-14(16(25)26)11(15(23)24)5-10-6-21-7-30-10/h2-4,6-8,11,14H,5H2,1H3,(H,22,27)(H,25,26). The second-order valence-electron chi connectivity index (χ2n) is 6.81. The van der Waals surface area contributed by atoms with Gasteiger partial charge in [0.2, 0.25) is 5.91 Å². The van der Waals surface area contributed by atoms with Gasteiger partial charge >= 0.3 is 18.3 Å². The zero-order valence-corrected chi connectivity index (χ0v) is 16.2. The third-order valence-corrected chi connectivity index (χ3v) is 5.66. The van der Waals surface area contributed by atoms with Crippen LogP contribution in [0.15, 0.2) is 29.9 Å². The first-order chi connectivity index (χ1) is 14.2. The Balaban J connectivity index is 1.44. The molecule has 1 saturated heterocycles. The van der Waals surface area contributed by atoms with Crippen molar-refractivity contribution in [1.29, 1.82) is 0 Å². The number of rotatable bonds is 5. The Bertz CT molecular complexity index is 1020. The van der Waals surface area contributed by atoms with E-state index in [1.807, 2.05) is 0 Å². The topological polar surface area (TPSA) is 118 Å². The molecule has 0 saturated carbocycles. The number of ether oxygens (including phenoxy) is 2. The van der Waals surface area contributed by atoms with E-state index in [0.29, 0.717) is 10.5 Å². The number of hydrogen-bond donors (Lipinski definition) is 2.